The molecule has 0 aromatic heterocycles. The third-order valence-corrected chi connectivity index (χ3v) is 18.6. The second-order valence-electron chi connectivity index (χ2n) is 30.4. The monoisotopic (exact) mass is 1600 g/mol. The topological polar surface area (TPSA) is 657 Å². The van der Waals surface area contributed by atoms with Crippen molar-refractivity contribution in [3.63, 3.8) is 0 Å². The van der Waals surface area contributed by atoms with Crippen LogP contribution in [0.15, 0.2) is 46.4 Å². The number of benzene rings is 1. The Bertz CT molecular complexity index is 3390. The van der Waals surface area contributed by atoms with E-state index in [2.05, 4.69) is 73.8 Å². The Balaban J connectivity index is 2.82. The number of allylic oxidation sites excluding steroid dienone is 2. The van der Waals surface area contributed by atoms with Crippen LogP contribution in [0.3, 0.4) is 0 Å². The number of unbranched alkanes of at least 4 members (excludes halogenated alkanes) is 2. The zero-order chi connectivity index (χ0) is 85.1. The van der Waals surface area contributed by atoms with E-state index in [4.69, 9.17) is 45.9 Å². The molecule has 38 heteroatoms. The van der Waals surface area contributed by atoms with Crippen LogP contribution in [0.25, 0.3) is 0 Å². The number of primary amides is 2. The Labute approximate surface area is 662 Å². The Morgan fingerprint density at radius 1 is 0.522 bits per heavy atom. The number of amides is 14. The van der Waals surface area contributed by atoms with Gasteiger partial charge in [-0.1, -0.05) is 65.8 Å². The average Bonchev–Trinajstić information content (AvgIpc) is 0.981. The summed E-state index contributed by atoms with van der Waals surface area (Å²) in [5.41, 5.74) is 42.0. The number of hydrogen-bond acceptors (Lipinski definition) is 20. The molecule has 0 fully saturated rings. The number of rotatable bonds is 44. The van der Waals surface area contributed by atoms with E-state index in [0.29, 0.717) is 50.6 Å². The predicted octanol–water partition coefficient (Wildman–Crippen LogP) is -3.29. The molecule has 0 aliphatic carbocycles. The van der Waals surface area contributed by atoms with E-state index in [0.717, 1.165) is 0 Å². The number of carbonyl (C=O) groups excluding carboxylic acids is 14. The summed E-state index contributed by atoms with van der Waals surface area (Å²) in [5.74, 6) is -13.4. The fourth-order valence-corrected chi connectivity index (χ4v) is 12.4. The molecule has 0 saturated carbocycles. The first-order valence-electron chi connectivity index (χ1n) is 39.0. The molecular formula is C75H130N22O16. The minimum atomic E-state index is -2.01. The molecule has 38 nitrogen and oxygen atoms in total. The summed E-state index contributed by atoms with van der Waals surface area (Å²) in [6.45, 7) is 14.2. The molecule has 1 aliphatic heterocycles. The van der Waals surface area contributed by atoms with Gasteiger partial charge in [-0.15, -0.1) is 0 Å². The number of phenolic OH excluding ortho intramolecular Hbond substituents is 1. The zero-order valence-electron chi connectivity index (χ0n) is 67.2. The van der Waals surface area contributed by atoms with Gasteiger partial charge in [0.25, 0.3) is 0 Å². The molecular weight excluding hydrogens is 1460 g/mol. The van der Waals surface area contributed by atoms with E-state index in [1.807, 2.05) is 27.7 Å². The highest BCUT2D eigenvalue weighted by molar-refractivity contribution is 6.01. The normalized spacial score (nSPS) is 20.2. The Morgan fingerprint density at radius 3 is 1.41 bits per heavy atom. The number of aliphatic hydroxyl groups excluding tert-OH is 1. The summed E-state index contributed by atoms with van der Waals surface area (Å²) in [7, 11) is 0. The molecule has 113 heavy (non-hydrogen) atoms. The molecule has 12 atom stereocenters. The van der Waals surface area contributed by atoms with E-state index in [-0.39, 0.29) is 145 Å². The van der Waals surface area contributed by atoms with Crippen LogP contribution in [0.1, 0.15) is 203 Å². The number of aromatic hydroxyl groups is 1. The van der Waals surface area contributed by atoms with Crippen molar-refractivity contribution in [2.45, 2.75) is 275 Å². The second-order valence-corrected chi connectivity index (χ2v) is 30.4. The number of nitrogens with two attached hydrogens (primary N) is 8. The van der Waals surface area contributed by atoms with E-state index < -0.39 is 174 Å². The summed E-state index contributed by atoms with van der Waals surface area (Å²) >= 11 is 0. The lowest BCUT2D eigenvalue weighted by Crippen LogP contribution is -2.65. The number of carbonyl (C=O) groups is 14. The summed E-state index contributed by atoms with van der Waals surface area (Å²) in [6, 6.07) is -8.89. The number of aliphatic imine (C=N–C) groups is 2. The van der Waals surface area contributed by atoms with E-state index >= 15 is 9.59 Å². The van der Waals surface area contributed by atoms with Crippen LogP contribution in [0.2, 0.25) is 0 Å². The summed E-state index contributed by atoms with van der Waals surface area (Å²) in [5, 5.41) is 53.2. The number of nitrogens with zero attached hydrogens (tertiary/aromatic N) is 2. The maximum atomic E-state index is 15.2. The highest BCUT2D eigenvalue weighted by Crippen LogP contribution is 2.22. The van der Waals surface area contributed by atoms with Crippen LogP contribution in [0.4, 0.5) is 0 Å². The number of aliphatic hydroxyl groups is 1. The van der Waals surface area contributed by atoms with Gasteiger partial charge in [-0.25, -0.2) is 0 Å². The number of guanidine groups is 2. The van der Waals surface area contributed by atoms with E-state index in [1.54, 1.807) is 26.0 Å². The highest BCUT2D eigenvalue weighted by atomic mass is 16.3. The summed E-state index contributed by atoms with van der Waals surface area (Å²) in [6.07, 6.45) is 5.11. The van der Waals surface area contributed by atoms with Gasteiger partial charge in [0.15, 0.2) is 11.9 Å². The molecule has 30 N–H and O–H groups in total. The molecule has 2 rings (SSSR count). The maximum Gasteiger partial charge on any atom is 0.246 e. The minimum absolute atomic E-state index is 0.0158. The first-order chi connectivity index (χ1) is 53.2. The fraction of sp³-hybridized carbons (Fsp3) is 0.680. The smallest absolute Gasteiger partial charge is 0.246 e. The van der Waals surface area contributed by atoms with Crippen LogP contribution < -0.4 is 110 Å². The maximum absolute atomic E-state index is 15.2. The quantitative estimate of drug-likeness (QED) is 0.0132. The summed E-state index contributed by atoms with van der Waals surface area (Å²) in [4.78, 5) is 206. The molecule has 0 bridgehead atoms. The second kappa shape index (κ2) is 51.4. The van der Waals surface area contributed by atoms with Crippen LogP contribution >= 0.6 is 0 Å². The van der Waals surface area contributed by atoms with Crippen molar-refractivity contribution in [2.75, 3.05) is 32.8 Å². The van der Waals surface area contributed by atoms with Crippen molar-refractivity contribution in [3.8, 4) is 5.75 Å². The first-order valence-corrected chi connectivity index (χ1v) is 39.0. The van der Waals surface area contributed by atoms with Gasteiger partial charge in [0.05, 0.1) is 6.61 Å². The van der Waals surface area contributed by atoms with Crippen LogP contribution in [-0.2, 0) is 73.5 Å². The fourth-order valence-electron chi connectivity index (χ4n) is 12.4. The number of hydrogen-bond donors (Lipinski definition) is 22. The molecule has 0 radical (unpaired) electrons. The van der Waals surface area contributed by atoms with E-state index in [9.17, 15) is 67.7 Å². The SMILES string of the molecule is CC(=O)N[C@@H](CCCCN)C(=O)N[C@@H](CCCCN)C(=O)N[C@@H](CCCN=C(N)N)C(=O)N[C@@H](Cc1ccc(O)cc1)C(=O)N[C@@H](CO)C(=O)N[C@@H](CCCN=C(N)N)C(=O)N[C@@]1(C)CCC/C=C\CCC[C@@](C)(C(=O)N[C@@H](CC(C)C)C(N)=O)NC(=O)[C@H](CC(C)C)NC(=O)[C@H](CC(C)C)NC(=O)[C@H](CCC(N)=O)NC1=O. The molecule has 0 saturated heterocycles. The Hall–Kier alpha value is -10.2. The highest BCUT2D eigenvalue weighted by Gasteiger charge is 2.43. The lowest BCUT2D eigenvalue weighted by molar-refractivity contribution is -0.139. The van der Waals surface area contributed by atoms with Crippen molar-refractivity contribution in [3.05, 3.63) is 42.0 Å². The molecule has 1 aromatic rings. The van der Waals surface area contributed by atoms with Gasteiger partial charge < -0.3 is 120 Å². The lowest BCUT2D eigenvalue weighted by Gasteiger charge is -2.34. The molecule has 1 aliphatic rings. The number of nitrogens with one attached hydrogen (secondary N) is 12. The molecule has 0 spiro atoms. The van der Waals surface area contributed by atoms with Gasteiger partial charge in [0.1, 0.15) is 77.2 Å². The molecule has 1 aromatic carbocycles. The van der Waals surface area contributed by atoms with Gasteiger partial charge in [-0.2, -0.15) is 0 Å². The van der Waals surface area contributed by atoms with Gasteiger partial charge in [-0.05, 0) is 191 Å². The molecule has 0 unspecified atom stereocenters. The van der Waals surface area contributed by atoms with E-state index in [1.165, 1.54) is 45.0 Å². The first kappa shape index (κ1) is 98.8. The average molecular weight is 1600 g/mol. The number of phenols is 1. The van der Waals surface area contributed by atoms with Crippen LogP contribution in [0.5, 0.6) is 5.75 Å². The van der Waals surface area contributed by atoms with Gasteiger partial charge in [-0.3, -0.25) is 77.1 Å². The van der Waals surface area contributed by atoms with Crippen molar-refractivity contribution in [1.82, 2.24) is 63.8 Å². The molecule has 1 heterocycles. The molecule has 14 amide bonds. The van der Waals surface area contributed by atoms with Crippen LogP contribution in [-0.4, -0.2) is 209 Å². The van der Waals surface area contributed by atoms with Gasteiger partial charge >= 0.3 is 0 Å². The Morgan fingerprint density at radius 2 is 0.956 bits per heavy atom. The van der Waals surface area contributed by atoms with Gasteiger partial charge in [0, 0.05) is 32.9 Å². The summed E-state index contributed by atoms with van der Waals surface area (Å²) < 4.78 is 0. The zero-order valence-corrected chi connectivity index (χ0v) is 67.2. The van der Waals surface area contributed by atoms with Crippen molar-refractivity contribution in [2.24, 2.45) is 73.6 Å². The lowest BCUT2D eigenvalue weighted by atomic mass is 9.90. The third-order valence-electron chi connectivity index (χ3n) is 18.6. The van der Waals surface area contributed by atoms with Crippen molar-refractivity contribution in [1.29, 1.82) is 0 Å². The van der Waals surface area contributed by atoms with Crippen LogP contribution in [0, 0.1) is 17.8 Å². The minimum Gasteiger partial charge on any atom is -0.508 e. The third kappa shape index (κ3) is 38.7. The van der Waals surface area contributed by atoms with Crippen molar-refractivity contribution < 1.29 is 77.3 Å². The van der Waals surface area contributed by atoms with Gasteiger partial charge in [0.2, 0.25) is 82.7 Å². The molecule has 636 valence electrons. The largest absolute Gasteiger partial charge is 0.508 e. The standard InChI is InChI=1S/C75H130N22O16/c1-43(2)38-54(60(79)102)95-71(113)75(9)33-17-13-11-10-12-16-32-74(8,70(112)94-53(30-31-59(78)101)64(106)90-55(39-44(3)4)65(107)91-56(40-45(5)6)69(111)97-75)96-68(110)52(25-21-37-85-73(82)83)89-67(109)58(42-98)93-66(108)57(41-47-26-28-48(100)29-27-47)92-63(105)51(24-20-36-84-72(80)81)88-62(104)50(23-15-19-35-77)87-61(103)49(86-46(7)99)22-14-18-34-76/h10-11,26-29,43-45,49-58,98,100H,12-25,30-42,76-77H2,1-9H3,(H2,78,101)(H2,79,102)(H,86,99)(H,87,103)(H,88,104)(H,89,109)(H,90,106)(H,91,107)(H,92,105)(H,93,108)(H,94,112)(H,95,113)(H,96,110)(H,97,111)(H4,80,81,84)(H4,82,83,85)/b11-10-/t49-,50-,51-,52-,53-,54-,55-,56-,57-,58-,74-,75-/m0/s1. The Kier molecular flexibility index (Phi) is 45.0. The van der Waals surface area contributed by atoms with Crippen molar-refractivity contribution >= 4 is 94.6 Å². The predicted molar refractivity (Wildman–Crippen MR) is 425 cm³/mol.